The molecule has 1 atom stereocenters. The van der Waals surface area contributed by atoms with E-state index in [1.54, 1.807) is 14.0 Å². The Morgan fingerprint density at radius 3 is 2.76 bits per heavy atom. The molecule has 0 spiro atoms. The first-order valence-electron chi connectivity index (χ1n) is 8.75. The fraction of sp³-hybridized carbons (Fsp3) is 0.556. The largest absolute Gasteiger partial charge is 0.383 e. The summed E-state index contributed by atoms with van der Waals surface area (Å²) >= 11 is 0. The molecule has 1 aromatic rings. The van der Waals surface area contributed by atoms with Crippen molar-refractivity contribution in [1.29, 1.82) is 0 Å². The smallest absolute Gasteiger partial charge is 0.246 e. The molecular weight excluding hydrogens is 320 g/mol. The molecule has 0 aliphatic carbocycles. The van der Waals surface area contributed by atoms with Crippen LogP contribution in [0.4, 0.5) is 11.4 Å². The summed E-state index contributed by atoms with van der Waals surface area (Å²) in [5, 5.41) is 8.49. The fourth-order valence-electron chi connectivity index (χ4n) is 2.74. The van der Waals surface area contributed by atoms with Gasteiger partial charge >= 0.3 is 0 Å². The van der Waals surface area contributed by atoms with Crippen molar-refractivity contribution < 1.29 is 14.3 Å². The van der Waals surface area contributed by atoms with Crippen molar-refractivity contribution in [1.82, 2.24) is 10.6 Å². The maximum absolute atomic E-state index is 12.3. The van der Waals surface area contributed by atoms with E-state index in [0.29, 0.717) is 13.2 Å². The van der Waals surface area contributed by atoms with Gasteiger partial charge in [-0.15, -0.1) is 0 Å². The van der Waals surface area contributed by atoms with Gasteiger partial charge in [-0.05, 0) is 38.0 Å². The molecule has 7 heteroatoms. The molecule has 7 nitrogen and oxygen atoms in total. The summed E-state index contributed by atoms with van der Waals surface area (Å²) in [7, 11) is 1.60. The van der Waals surface area contributed by atoms with Gasteiger partial charge in [0.05, 0.1) is 13.2 Å². The molecule has 1 saturated heterocycles. The number of carbonyl (C=O) groups excluding carboxylic acids is 2. The van der Waals surface area contributed by atoms with Crippen LogP contribution in [0.3, 0.4) is 0 Å². The number of nitrogens with zero attached hydrogens (tertiary/aromatic N) is 1. The SMILES string of the molecule is COCCNCC(=O)NC(C)C(=O)Nc1cccc(N2CCCC2)c1. The number of rotatable bonds is 9. The zero-order valence-corrected chi connectivity index (χ0v) is 15.0. The second-order valence-corrected chi connectivity index (χ2v) is 6.19. The minimum atomic E-state index is -0.604. The molecule has 1 aromatic carbocycles. The Hall–Kier alpha value is -2.12. The highest BCUT2D eigenvalue weighted by Crippen LogP contribution is 2.23. The highest BCUT2D eigenvalue weighted by molar-refractivity contribution is 5.97. The number of ether oxygens (including phenoxy) is 1. The van der Waals surface area contributed by atoms with Gasteiger partial charge in [0, 0.05) is 38.1 Å². The predicted octanol–water partition coefficient (Wildman–Crippen LogP) is 0.966. The molecule has 25 heavy (non-hydrogen) atoms. The van der Waals surface area contributed by atoms with Gasteiger partial charge in [-0.1, -0.05) is 6.07 Å². The molecule has 2 amide bonds. The van der Waals surface area contributed by atoms with E-state index >= 15 is 0 Å². The summed E-state index contributed by atoms with van der Waals surface area (Å²) in [6.45, 7) is 5.07. The Balaban J connectivity index is 1.80. The summed E-state index contributed by atoms with van der Waals surface area (Å²) in [4.78, 5) is 26.4. The summed E-state index contributed by atoms with van der Waals surface area (Å²) in [5.74, 6) is -0.451. The molecular formula is C18H28N4O3. The van der Waals surface area contributed by atoms with E-state index < -0.39 is 6.04 Å². The van der Waals surface area contributed by atoms with Crippen LogP contribution in [-0.4, -0.2) is 57.8 Å². The van der Waals surface area contributed by atoms with Crippen molar-refractivity contribution in [2.45, 2.75) is 25.8 Å². The van der Waals surface area contributed by atoms with Crippen LogP contribution in [0, 0.1) is 0 Å². The van der Waals surface area contributed by atoms with Gasteiger partial charge in [0.1, 0.15) is 6.04 Å². The van der Waals surface area contributed by atoms with Crippen molar-refractivity contribution in [3.8, 4) is 0 Å². The molecule has 138 valence electrons. The summed E-state index contributed by atoms with van der Waals surface area (Å²) in [5.41, 5.74) is 1.86. The van der Waals surface area contributed by atoms with Crippen LogP contribution in [0.5, 0.6) is 0 Å². The molecule has 1 fully saturated rings. The molecule has 0 bridgehead atoms. The van der Waals surface area contributed by atoms with E-state index in [1.807, 2.05) is 18.2 Å². The van der Waals surface area contributed by atoms with Crippen LogP contribution in [0.15, 0.2) is 24.3 Å². The van der Waals surface area contributed by atoms with E-state index in [-0.39, 0.29) is 18.4 Å². The average molecular weight is 348 g/mol. The number of benzene rings is 1. The van der Waals surface area contributed by atoms with Crippen molar-refractivity contribution in [2.24, 2.45) is 0 Å². The Morgan fingerprint density at radius 1 is 1.28 bits per heavy atom. The molecule has 3 N–H and O–H groups in total. The van der Waals surface area contributed by atoms with E-state index in [2.05, 4.69) is 26.9 Å². The standard InChI is InChI=1S/C18H28N4O3/c1-14(20-17(23)13-19-8-11-25-2)18(24)21-15-6-5-7-16(12-15)22-9-3-4-10-22/h5-7,12,14,19H,3-4,8-11,13H2,1-2H3,(H,20,23)(H,21,24). The fourth-order valence-corrected chi connectivity index (χ4v) is 2.74. The van der Waals surface area contributed by atoms with Crippen LogP contribution >= 0.6 is 0 Å². The topological polar surface area (TPSA) is 82.7 Å². The lowest BCUT2D eigenvalue weighted by Crippen LogP contribution is -2.45. The van der Waals surface area contributed by atoms with Gasteiger partial charge < -0.3 is 25.6 Å². The molecule has 0 saturated carbocycles. The van der Waals surface area contributed by atoms with E-state index in [9.17, 15) is 9.59 Å². The second kappa shape index (κ2) is 10.0. The van der Waals surface area contributed by atoms with Gasteiger partial charge in [0.15, 0.2) is 0 Å². The molecule has 0 radical (unpaired) electrons. The Kier molecular flexibility index (Phi) is 7.69. The van der Waals surface area contributed by atoms with Crippen LogP contribution in [0.1, 0.15) is 19.8 Å². The first-order valence-corrected chi connectivity index (χ1v) is 8.75. The van der Waals surface area contributed by atoms with Gasteiger partial charge in [0.2, 0.25) is 11.8 Å². The number of carbonyl (C=O) groups is 2. The molecule has 2 rings (SSSR count). The zero-order valence-electron chi connectivity index (χ0n) is 15.0. The Morgan fingerprint density at radius 2 is 2.04 bits per heavy atom. The van der Waals surface area contributed by atoms with Crippen LogP contribution in [0.25, 0.3) is 0 Å². The molecule has 1 heterocycles. The van der Waals surface area contributed by atoms with Gasteiger partial charge in [-0.25, -0.2) is 0 Å². The highest BCUT2D eigenvalue weighted by Gasteiger charge is 2.17. The normalized spacial score (nSPS) is 15.0. The van der Waals surface area contributed by atoms with Crippen molar-refractivity contribution >= 4 is 23.2 Å². The van der Waals surface area contributed by atoms with Crippen molar-refractivity contribution in [2.75, 3.05) is 50.1 Å². The maximum atomic E-state index is 12.3. The van der Waals surface area contributed by atoms with Gasteiger partial charge in [-0.3, -0.25) is 9.59 Å². The average Bonchev–Trinajstić information content (AvgIpc) is 3.13. The highest BCUT2D eigenvalue weighted by atomic mass is 16.5. The number of nitrogens with one attached hydrogen (secondary N) is 3. The van der Waals surface area contributed by atoms with E-state index in [0.717, 1.165) is 24.5 Å². The van der Waals surface area contributed by atoms with Crippen molar-refractivity contribution in [3.63, 3.8) is 0 Å². The summed E-state index contributed by atoms with van der Waals surface area (Å²) < 4.78 is 4.89. The summed E-state index contributed by atoms with van der Waals surface area (Å²) in [6, 6.07) is 7.22. The summed E-state index contributed by atoms with van der Waals surface area (Å²) in [6.07, 6.45) is 2.41. The quantitative estimate of drug-likeness (QED) is 0.579. The first kappa shape index (κ1) is 19.2. The second-order valence-electron chi connectivity index (χ2n) is 6.19. The molecule has 1 aliphatic heterocycles. The van der Waals surface area contributed by atoms with Crippen LogP contribution < -0.4 is 20.9 Å². The number of anilines is 2. The predicted molar refractivity (Wildman–Crippen MR) is 98.9 cm³/mol. The third-order valence-electron chi connectivity index (χ3n) is 4.12. The monoisotopic (exact) mass is 348 g/mol. The van der Waals surface area contributed by atoms with Gasteiger partial charge in [0.25, 0.3) is 0 Å². The van der Waals surface area contributed by atoms with Crippen LogP contribution in [0.2, 0.25) is 0 Å². The third kappa shape index (κ3) is 6.36. The Labute approximate surface area is 149 Å². The zero-order chi connectivity index (χ0) is 18.1. The lowest BCUT2D eigenvalue weighted by atomic mass is 10.2. The maximum Gasteiger partial charge on any atom is 0.246 e. The van der Waals surface area contributed by atoms with E-state index in [4.69, 9.17) is 4.74 Å². The number of hydrogen-bond donors (Lipinski definition) is 3. The lowest BCUT2D eigenvalue weighted by Gasteiger charge is -2.19. The van der Waals surface area contributed by atoms with Crippen molar-refractivity contribution in [3.05, 3.63) is 24.3 Å². The minimum absolute atomic E-state index is 0.158. The first-order chi connectivity index (χ1) is 12.1. The number of amides is 2. The lowest BCUT2D eigenvalue weighted by molar-refractivity contribution is -0.125. The molecule has 0 aromatic heterocycles. The molecule has 1 aliphatic rings. The number of hydrogen-bond acceptors (Lipinski definition) is 5. The minimum Gasteiger partial charge on any atom is -0.383 e. The van der Waals surface area contributed by atoms with Crippen LogP contribution in [-0.2, 0) is 14.3 Å². The van der Waals surface area contributed by atoms with E-state index in [1.165, 1.54) is 12.8 Å². The Bertz CT molecular complexity index is 573. The molecule has 1 unspecified atom stereocenters. The number of methoxy groups -OCH3 is 1. The third-order valence-corrected chi connectivity index (χ3v) is 4.12. The van der Waals surface area contributed by atoms with Gasteiger partial charge in [-0.2, -0.15) is 0 Å².